The fraction of sp³-hybridized carbons (Fsp3) is 0.278. The highest BCUT2D eigenvalue weighted by Gasteiger charge is 2.65. The van der Waals surface area contributed by atoms with E-state index >= 15 is 0 Å². The number of halogens is 1. The fourth-order valence-corrected chi connectivity index (χ4v) is 4.01. The molecule has 2 aromatic carbocycles. The van der Waals surface area contributed by atoms with Crippen molar-refractivity contribution in [1.82, 2.24) is 0 Å². The average molecular weight is 328 g/mol. The van der Waals surface area contributed by atoms with Crippen molar-refractivity contribution in [2.24, 2.45) is 0 Å². The van der Waals surface area contributed by atoms with Crippen LogP contribution in [0.5, 0.6) is 11.5 Å². The zero-order valence-corrected chi connectivity index (χ0v) is 13.0. The molecule has 4 nitrogen and oxygen atoms in total. The number of nitrogens with one attached hydrogen (secondary N) is 1. The third-order valence-corrected chi connectivity index (χ3v) is 5.28. The number of fused-ring (bicyclic) bond motifs is 3. The van der Waals surface area contributed by atoms with E-state index in [-0.39, 0.29) is 11.8 Å². The van der Waals surface area contributed by atoms with Gasteiger partial charge < -0.3 is 14.8 Å². The maximum atomic E-state index is 12.6. The molecule has 2 aromatic rings. The smallest absolute Gasteiger partial charge is 0.235 e. The minimum atomic E-state index is -0.482. The molecule has 0 radical (unpaired) electrons. The van der Waals surface area contributed by atoms with Crippen molar-refractivity contribution >= 4 is 23.2 Å². The quantitative estimate of drug-likeness (QED) is 0.872. The molecule has 3 aliphatic rings. The molecule has 1 aliphatic carbocycles. The van der Waals surface area contributed by atoms with Crippen LogP contribution in [0.25, 0.3) is 0 Å². The van der Waals surface area contributed by atoms with E-state index in [0.717, 1.165) is 34.7 Å². The summed E-state index contributed by atoms with van der Waals surface area (Å²) in [5.41, 5.74) is 2.51. The first-order chi connectivity index (χ1) is 11.2. The Kier molecular flexibility index (Phi) is 2.55. The van der Waals surface area contributed by atoms with Crippen LogP contribution in [0, 0.1) is 0 Å². The molecular formula is C18H14ClNO3. The number of carbonyl (C=O) groups excluding carboxylic acids is 1. The van der Waals surface area contributed by atoms with Crippen LogP contribution in [0.2, 0.25) is 5.02 Å². The highest BCUT2D eigenvalue weighted by molar-refractivity contribution is 6.31. The van der Waals surface area contributed by atoms with Crippen LogP contribution in [0.4, 0.5) is 5.69 Å². The molecule has 1 spiro atoms. The van der Waals surface area contributed by atoms with Crippen LogP contribution in [0.1, 0.15) is 23.5 Å². The highest BCUT2D eigenvalue weighted by Crippen LogP contribution is 2.65. The van der Waals surface area contributed by atoms with Crippen molar-refractivity contribution in [3.8, 4) is 11.5 Å². The Labute approximate surface area is 138 Å². The van der Waals surface area contributed by atoms with E-state index in [2.05, 4.69) is 5.32 Å². The second kappa shape index (κ2) is 4.42. The van der Waals surface area contributed by atoms with Crippen LogP contribution in [-0.4, -0.2) is 19.1 Å². The summed E-state index contributed by atoms with van der Waals surface area (Å²) in [7, 11) is 0. The minimum Gasteiger partial charge on any atom is -0.486 e. The molecule has 0 aromatic heterocycles. The summed E-state index contributed by atoms with van der Waals surface area (Å²) in [5.74, 6) is 1.75. The maximum Gasteiger partial charge on any atom is 0.235 e. The number of amides is 1. The van der Waals surface area contributed by atoms with E-state index in [4.69, 9.17) is 21.1 Å². The van der Waals surface area contributed by atoms with Gasteiger partial charge in [0.1, 0.15) is 13.2 Å². The molecule has 0 bridgehead atoms. The molecule has 2 heterocycles. The number of anilines is 1. The lowest BCUT2D eigenvalue weighted by molar-refractivity contribution is -0.118. The first-order valence-electron chi connectivity index (χ1n) is 7.69. The number of benzene rings is 2. The van der Waals surface area contributed by atoms with Gasteiger partial charge in [-0.2, -0.15) is 0 Å². The van der Waals surface area contributed by atoms with Crippen molar-refractivity contribution in [3.63, 3.8) is 0 Å². The summed E-state index contributed by atoms with van der Waals surface area (Å²) in [6, 6.07) is 11.6. The molecule has 0 saturated heterocycles. The van der Waals surface area contributed by atoms with Gasteiger partial charge in [0.05, 0.1) is 5.41 Å². The van der Waals surface area contributed by atoms with E-state index in [1.54, 1.807) is 6.07 Å². The molecule has 1 N–H and O–H groups in total. The fourth-order valence-electron chi connectivity index (χ4n) is 3.84. The van der Waals surface area contributed by atoms with Gasteiger partial charge >= 0.3 is 0 Å². The van der Waals surface area contributed by atoms with Gasteiger partial charge in [-0.3, -0.25) is 4.79 Å². The van der Waals surface area contributed by atoms with Crippen LogP contribution in [0.15, 0.2) is 36.4 Å². The Bertz CT molecular complexity index is 850. The summed E-state index contributed by atoms with van der Waals surface area (Å²) in [4.78, 5) is 12.6. The predicted octanol–water partition coefficient (Wildman–Crippen LogP) is 3.49. The SMILES string of the molecule is O=C1Nc2ccc(Cl)cc2C12CC2c1ccc2c(c1)OCCO2. The lowest BCUT2D eigenvalue weighted by atomic mass is 9.92. The van der Waals surface area contributed by atoms with Crippen LogP contribution < -0.4 is 14.8 Å². The van der Waals surface area contributed by atoms with E-state index in [0.29, 0.717) is 18.2 Å². The number of hydrogen-bond donors (Lipinski definition) is 1. The van der Waals surface area contributed by atoms with E-state index in [1.165, 1.54) is 0 Å². The molecule has 1 saturated carbocycles. The second-order valence-electron chi connectivity index (χ2n) is 6.28. The van der Waals surface area contributed by atoms with Gasteiger partial charge in [0.2, 0.25) is 5.91 Å². The third kappa shape index (κ3) is 1.75. The van der Waals surface area contributed by atoms with Crippen molar-refractivity contribution in [2.75, 3.05) is 18.5 Å². The first-order valence-corrected chi connectivity index (χ1v) is 8.07. The number of carbonyl (C=O) groups is 1. The molecule has 23 heavy (non-hydrogen) atoms. The van der Waals surface area contributed by atoms with Gasteiger partial charge in [0.25, 0.3) is 0 Å². The largest absolute Gasteiger partial charge is 0.486 e. The number of rotatable bonds is 1. The summed E-state index contributed by atoms with van der Waals surface area (Å²) in [6.45, 7) is 1.14. The van der Waals surface area contributed by atoms with Crippen LogP contribution >= 0.6 is 11.6 Å². The molecular weight excluding hydrogens is 314 g/mol. The Morgan fingerprint density at radius 2 is 1.91 bits per heavy atom. The van der Waals surface area contributed by atoms with Gasteiger partial charge in [-0.05, 0) is 47.9 Å². The molecule has 1 amide bonds. The Morgan fingerprint density at radius 3 is 2.78 bits per heavy atom. The van der Waals surface area contributed by atoms with Gasteiger partial charge in [-0.15, -0.1) is 0 Å². The minimum absolute atomic E-state index is 0.0645. The lowest BCUT2D eigenvalue weighted by Gasteiger charge is -2.19. The molecule has 2 unspecified atom stereocenters. The van der Waals surface area contributed by atoms with Gasteiger partial charge in [0, 0.05) is 16.6 Å². The topological polar surface area (TPSA) is 47.6 Å². The molecule has 2 atom stereocenters. The first kappa shape index (κ1) is 13.3. The van der Waals surface area contributed by atoms with Crippen LogP contribution in [-0.2, 0) is 10.2 Å². The maximum absolute atomic E-state index is 12.6. The second-order valence-corrected chi connectivity index (χ2v) is 6.71. The number of hydrogen-bond acceptors (Lipinski definition) is 3. The zero-order chi connectivity index (χ0) is 15.6. The molecule has 5 heteroatoms. The van der Waals surface area contributed by atoms with Crippen molar-refractivity contribution in [3.05, 3.63) is 52.5 Å². The highest BCUT2D eigenvalue weighted by atomic mass is 35.5. The van der Waals surface area contributed by atoms with Crippen molar-refractivity contribution in [1.29, 1.82) is 0 Å². The number of ether oxygens (including phenoxy) is 2. The van der Waals surface area contributed by atoms with E-state index < -0.39 is 5.41 Å². The summed E-state index contributed by atoms with van der Waals surface area (Å²) < 4.78 is 11.2. The standard InChI is InChI=1S/C18H14ClNO3/c19-11-2-3-14-12(8-11)18(17(21)20-14)9-13(18)10-1-4-15-16(7-10)23-6-5-22-15/h1-4,7-8,13H,5-6,9H2,(H,20,21). The van der Waals surface area contributed by atoms with Gasteiger partial charge in [-0.1, -0.05) is 17.7 Å². The third-order valence-electron chi connectivity index (χ3n) is 5.05. The average Bonchev–Trinajstić information content (AvgIpc) is 3.26. The Hall–Kier alpha value is -2.20. The lowest BCUT2D eigenvalue weighted by Crippen LogP contribution is -2.21. The van der Waals surface area contributed by atoms with Crippen LogP contribution in [0.3, 0.4) is 0 Å². The molecule has 116 valence electrons. The zero-order valence-electron chi connectivity index (χ0n) is 12.3. The Morgan fingerprint density at radius 1 is 1.09 bits per heavy atom. The molecule has 2 aliphatic heterocycles. The van der Waals surface area contributed by atoms with E-state index in [1.807, 2.05) is 30.3 Å². The van der Waals surface area contributed by atoms with Gasteiger partial charge in [0.15, 0.2) is 11.5 Å². The monoisotopic (exact) mass is 327 g/mol. The van der Waals surface area contributed by atoms with Crippen molar-refractivity contribution in [2.45, 2.75) is 17.8 Å². The van der Waals surface area contributed by atoms with Gasteiger partial charge in [-0.25, -0.2) is 0 Å². The Balaban J connectivity index is 1.56. The summed E-state index contributed by atoms with van der Waals surface area (Å²) >= 11 is 6.14. The molecule has 5 rings (SSSR count). The summed E-state index contributed by atoms with van der Waals surface area (Å²) in [5, 5.41) is 3.65. The molecule has 1 fully saturated rings. The predicted molar refractivity (Wildman–Crippen MR) is 86.5 cm³/mol. The normalized spacial score (nSPS) is 26.8. The van der Waals surface area contributed by atoms with E-state index in [9.17, 15) is 4.79 Å². The summed E-state index contributed by atoms with van der Waals surface area (Å²) in [6.07, 6.45) is 0.797. The van der Waals surface area contributed by atoms with Crippen molar-refractivity contribution < 1.29 is 14.3 Å².